The zero-order valence-electron chi connectivity index (χ0n) is 6.87. The number of hydrogen-bond donors (Lipinski definition) is 1. The minimum absolute atomic E-state index is 0.189. The van der Waals surface area contributed by atoms with Crippen molar-refractivity contribution < 1.29 is 8.91 Å². The van der Waals surface area contributed by atoms with Crippen LogP contribution in [-0.2, 0) is 0 Å². The van der Waals surface area contributed by atoms with Gasteiger partial charge in [0.05, 0.1) is 11.8 Å². The molecule has 0 aliphatic rings. The molecule has 72 valence electrons. The fraction of sp³-hybridized carbons (Fsp3) is 0. The monoisotopic (exact) mass is 257 g/mol. The summed E-state index contributed by atoms with van der Waals surface area (Å²) in [7, 11) is 0. The van der Waals surface area contributed by atoms with Gasteiger partial charge in [0.25, 0.3) is 0 Å². The van der Waals surface area contributed by atoms with E-state index in [0.717, 1.165) is 0 Å². The highest BCUT2D eigenvalue weighted by atomic mass is 79.9. The van der Waals surface area contributed by atoms with E-state index in [-0.39, 0.29) is 17.0 Å². The number of nitrogens with two attached hydrogens (primary N) is 1. The summed E-state index contributed by atoms with van der Waals surface area (Å²) in [6, 6.07) is 1.53. The van der Waals surface area contributed by atoms with Crippen LogP contribution in [0.15, 0.2) is 27.5 Å². The van der Waals surface area contributed by atoms with Gasteiger partial charge in [-0.25, -0.2) is 4.98 Å². The van der Waals surface area contributed by atoms with Crippen molar-refractivity contribution in [2.75, 3.05) is 5.73 Å². The standard InChI is InChI=1S/C8H5BrFN3O/c9-4-1-5(8(10)12-2-4)7-6(11)3-13-14-7/h1-3H,11H2. The molecule has 0 saturated carbocycles. The van der Waals surface area contributed by atoms with Gasteiger partial charge in [-0.15, -0.1) is 0 Å². The number of halogens is 2. The summed E-state index contributed by atoms with van der Waals surface area (Å²) in [4.78, 5) is 3.52. The van der Waals surface area contributed by atoms with Crippen LogP contribution in [0, 0.1) is 5.95 Å². The number of rotatable bonds is 1. The molecule has 0 aliphatic heterocycles. The lowest BCUT2D eigenvalue weighted by atomic mass is 10.2. The summed E-state index contributed by atoms with van der Waals surface area (Å²) >= 11 is 3.17. The Bertz CT molecular complexity index is 471. The van der Waals surface area contributed by atoms with E-state index in [1.54, 1.807) is 0 Å². The van der Waals surface area contributed by atoms with E-state index in [0.29, 0.717) is 4.47 Å². The second kappa shape index (κ2) is 3.38. The van der Waals surface area contributed by atoms with Gasteiger partial charge in [-0.2, -0.15) is 4.39 Å². The number of aromatic nitrogens is 2. The zero-order valence-corrected chi connectivity index (χ0v) is 8.45. The number of hydrogen-bond acceptors (Lipinski definition) is 4. The lowest BCUT2D eigenvalue weighted by Gasteiger charge is -1.99. The first-order chi connectivity index (χ1) is 6.68. The van der Waals surface area contributed by atoms with Crippen molar-refractivity contribution in [3.63, 3.8) is 0 Å². The van der Waals surface area contributed by atoms with E-state index < -0.39 is 5.95 Å². The van der Waals surface area contributed by atoms with Gasteiger partial charge in [0, 0.05) is 10.7 Å². The summed E-state index contributed by atoms with van der Waals surface area (Å²) in [5, 5.41) is 3.46. The maximum Gasteiger partial charge on any atom is 0.224 e. The van der Waals surface area contributed by atoms with E-state index >= 15 is 0 Å². The lowest BCUT2D eigenvalue weighted by molar-refractivity contribution is 0.429. The summed E-state index contributed by atoms with van der Waals surface area (Å²) in [6.45, 7) is 0. The van der Waals surface area contributed by atoms with Gasteiger partial charge in [-0.1, -0.05) is 5.16 Å². The van der Waals surface area contributed by atoms with Crippen molar-refractivity contribution in [3.8, 4) is 11.3 Å². The molecular formula is C8H5BrFN3O. The van der Waals surface area contributed by atoms with Crippen LogP contribution in [0.4, 0.5) is 10.1 Å². The van der Waals surface area contributed by atoms with Crippen molar-refractivity contribution in [1.82, 2.24) is 10.1 Å². The number of nitrogen functional groups attached to an aromatic ring is 1. The Hall–Kier alpha value is -1.43. The minimum Gasteiger partial charge on any atom is -0.394 e. The molecule has 0 spiro atoms. The third-order valence-corrected chi connectivity index (χ3v) is 2.08. The topological polar surface area (TPSA) is 64.9 Å². The Kier molecular flexibility index (Phi) is 2.20. The van der Waals surface area contributed by atoms with Crippen molar-refractivity contribution in [2.45, 2.75) is 0 Å². The Morgan fingerprint density at radius 1 is 1.43 bits per heavy atom. The van der Waals surface area contributed by atoms with Crippen LogP contribution in [0.5, 0.6) is 0 Å². The van der Waals surface area contributed by atoms with Gasteiger partial charge in [0.15, 0.2) is 5.76 Å². The fourth-order valence-corrected chi connectivity index (χ4v) is 1.36. The SMILES string of the molecule is Nc1cnoc1-c1cc(Br)cnc1F. The molecule has 0 radical (unpaired) electrons. The molecule has 2 heterocycles. The summed E-state index contributed by atoms with van der Waals surface area (Å²) in [5.41, 5.74) is 6.00. The van der Waals surface area contributed by atoms with Crippen LogP contribution in [0.25, 0.3) is 11.3 Å². The number of nitrogens with zero attached hydrogens (tertiary/aromatic N) is 2. The molecule has 6 heteroatoms. The minimum atomic E-state index is -0.642. The van der Waals surface area contributed by atoms with Crippen molar-refractivity contribution in [1.29, 1.82) is 0 Å². The third-order valence-electron chi connectivity index (χ3n) is 1.65. The Morgan fingerprint density at radius 2 is 2.21 bits per heavy atom. The van der Waals surface area contributed by atoms with Crippen LogP contribution < -0.4 is 5.73 Å². The van der Waals surface area contributed by atoms with Gasteiger partial charge in [0.2, 0.25) is 5.95 Å². The van der Waals surface area contributed by atoms with E-state index in [4.69, 9.17) is 10.3 Å². The summed E-state index contributed by atoms with van der Waals surface area (Å²) in [6.07, 6.45) is 2.67. The molecule has 0 saturated heterocycles. The largest absolute Gasteiger partial charge is 0.394 e. The molecule has 0 amide bonds. The smallest absolute Gasteiger partial charge is 0.224 e. The van der Waals surface area contributed by atoms with Crippen LogP contribution in [0.1, 0.15) is 0 Å². The molecule has 0 atom stereocenters. The maximum absolute atomic E-state index is 13.2. The first-order valence-electron chi connectivity index (χ1n) is 3.70. The first kappa shape index (κ1) is 9.14. The van der Waals surface area contributed by atoms with E-state index in [1.807, 2.05) is 0 Å². The second-order valence-electron chi connectivity index (χ2n) is 2.60. The number of pyridine rings is 1. The zero-order chi connectivity index (χ0) is 10.1. The van der Waals surface area contributed by atoms with Crippen LogP contribution in [0.3, 0.4) is 0 Å². The molecule has 2 N–H and O–H groups in total. The van der Waals surface area contributed by atoms with Crippen LogP contribution in [0.2, 0.25) is 0 Å². The highest BCUT2D eigenvalue weighted by Crippen LogP contribution is 2.28. The first-order valence-corrected chi connectivity index (χ1v) is 4.49. The molecule has 0 unspecified atom stereocenters. The molecule has 0 bridgehead atoms. The molecular weight excluding hydrogens is 253 g/mol. The van der Waals surface area contributed by atoms with Gasteiger partial charge in [-0.05, 0) is 22.0 Å². The molecule has 14 heavy (non-hydrogen) atoms. The normalized spacial score (nSPS) is 10.4. The van der Waals surface area contributed by atoms with Gasteiger partial charge in [0.1, 0.15) is 5.69 Å². The molecule has 4 nitrogen and oxygen atoms in total. The fourth-order valence-electron chi connectivity index (χ4n) is 1.03. The predicted molar refractivity (Wildman–Crippen MR) is 51.8 cm³/mol. The molecule has 0 aromatic carbocycles. The van der Waals surface area contributed by atoms with E-state index in [9.17, 15) is 4.39 Å². The third kappa shape index (κ3) is 1.48. The summed E-state index contributed by atoms with van der Waals surface area (Å²) in [5.74, 6) is -0.451. The second-order valence-corrected chi connectivity index (χ2v) is 3.52. The van der Waals surface area contributed by atoms with Gasteiger partial charge in [-0.3, -0.25) is 0 Å². The van der Waals surface area contributed by atoms with Gasteiger partial charge >= 0.3 is 0 Å². The quantitative estimate of drug-likeness (QED) is 0.796. The Morgan fingerprint density at radius 3 is 2.86 bits per heavy atom. The lowest BCUT2D eigenvalue weighted by Crippen LogP contribution is -1.91. The predicted octanol–water partition coefficient (Wildman–Crippen LogP) is 2.22. The van der Waals surface area contributed by atoms with Crippen molar-refractivity contribution >= 4 is 21.6 Å². The molecule has 2 aromatic heterocycles. The molecule has 0 aliphatic carbocycles. The molecule has 0 fully saturated rings. The van der Waals surface area contributed by atoms with E-state index in [1.165, 1.54) is 18.5 Å². The van der Waals surface area contributed by atoms with Gasteiger partial charge < -0.3 is 10.3 Å². The molecule has 2 rings (SSSR count). The average Bonchev–Trinajstić information content (AvgIpc) is 2.56. The Labute approximate surface area is 87.0 Å². The van der Waals surface area contributed by atoms with Crippen molar-refractivity contribution in [2.24, 2.45) is 0 Å². The highest BCUT2D eigenvalue weighted by Gasteiger charge is 2.14. The summed E-state index contributed by atoms with van der Waals surface area (Å²) < 4.78 is 18.7. The highest BCUT2D eigenvalue weighted by molar-refractivity contribution is 9.10. The number of anilines is 1. The average molecular weight is 258 g/mol. The van der Waals surface area contributed by atoms with E-state index in [2.05, 4.69) is 26.1 Å². The van der Waals surface area contributed by atoms with Crippen molar-refractivity contribution in [3.05, 3.63) is 28.9 Å². The van der Waals surface area contributed by atoms with Crippen LogP contribution >= 0.6 is 15.9 Å². The van der Waals surface area contributed by atoms with Crippen LogP contribution in [-0.4, -0.2) is 10.1 Å². The Balaban J connectivity index is 2.62. The molecule has 2 aromatic rings. The maximum atomic E-state index is 13.2.